The number of piperidine rings is 1. The highest BCUT2D eigenvalue weighted by molar-refractivity contribution is 5.95. The number of carbonyl (C=O) groups is 2. The number of hydrogen-bond donors (Lipinski definition) is 2. The van der Waals surface area contributed by atoms with Gasteiger partial charge in [0, 0.05) is 43.7 Å². The van der Waals surface area contributed by atoms with E-state index in [9.17, 15) is 9.59 Å². The van der Waals surface area contributed by atoms with Gasteiger partial charge in [-0.25, -0.2) is 0 Å². The van der Waals surface area contributed by atoms with Crippen molar-refractivity contribution >= 4 is 24.2 Å². The molecule has 144 valence electrons. The molecule has 2 fully saturated rings. The van der Waals surface area contributed by atoms with Gasteiger partial charge in [-0.1, -0.05) is 18.2 Å². The van der Waals surface area contributed by atoms with Gasteiger partial charge < -0.3 is 20.3 Å². The Balaban J connectivity index is 0.00000243. The first-order valence-corrected chi connectivity index (χ1v) is 9.09. The zero-order valence-electron chi connectivity index (χ0n) is 15.2. The van der Waals surface area contributed by atoms with Gasteiger partial charge in [-0.15, -0.1) is 12.4 Å². The molecule has 1 atom stereocenters. The SMILES string of the molecule is Cc1ccccc1C(=O)NC1CCN(C(=O)CC2COCCN2)CC1.Cl. The Morgan fingerprint density at radius 2 is 2.00 bits per heavy atom. The van der Waals surface area contributed by atoms with Gasteiger partial charge in [0.2, 0.25) is 5.91 Å². The zero-order chi connectivity index (χ0) is 17.6. The monoisotopic (exact) mass is 381 g/mol. The molecule has 6 nitrogen and oxygen atoms in total. The lowest BCUT2D eigenvalue weighted by molar-refractivity contribution is -0.133. The Hall–Kier alpha value is -1.63. The molecule has 26 heavy (non-hydrogen) atoms. The lowest BCUT2D eigenvalue weighted by Gasteiger charge is -2.34. The Bertz CT molecular complexity index is 612. The summed E-state index contributed by atoms with van der Waals surface area (Å²) in [4.78, 5) is 26.7. The minimum absolute atomic E-state index is 0. The number of nitrogens with one attached hydrogen (secondary N) is 2. The molecule has 2 saturated heterocycles. The number of benzene rings is 1. The van der Waals surface area contributed by atoms with Crippen molar-refractivity contribution in [2.24, 2.45) is 0 Å². The Kier molecular flexibility index (Phi) is 7.87. The molecule has 0 saturated carbocycles. The third-order valence-corrected chi connectivity index (χ3v) is 4.99. The van der Waals surface area contributed by atoms with Crippen LogP contribution < -0.4 is 10.6 Å². The second-order valence-electron chi connectivity index (χ2n) is 6.87. The molecule has 0 aliphatic carbocycles. The third-order valence-electron chi connectivity index (χ3n) is 4.99. The van der Waals surface area contributed by atoms with Crippen LogP contribution in [0, 0.1) is 6.92 Å². The number of amides is 2. The summed E-state index contributed by atoms with van der Waals surface area (Å²) in [5.41, 5.74) is 1.71. The molecule has 0 bridgehead atoms. The smallest absolute Gasteiger partial charge is 0.251 e. The average molecular weight is 382 g/mol. The van der Waals surface area contributed by atoms with Gasteiger partial charge in [0.15, 0.2) is 0 Å². The van der Waals surface area contributed by atoms with Crippen LogP contribution in [0.5, 0.6) is 0 Å². The van der Waals surface area contributed by atoms with Gasteiger partial charge in [-0.2, -0.15) is 0 Å². The van der Waals surface area contributed by atoms with Crippen molar-refractivity contribution in [3.05, 3.63) is 35.4 Å². The molecular formula is C19H28ClN3O3. The van der Waals surface area contributed by atoms with Gasteiger partial charge >= 0.3 is 0 Å². The van der Waals surface area contributed by atoms with E-state index >= 15 is 0 Å². The van der Waals surface area contributed by atoms with Crippen molar-refractivity contribution in [3.63, 3.8) is 0 Å². The summed E-state index contributed by atoms with van der Waals surface area (Å²) in [6, 6.07) is 7.86. The lowest BCUT2D eigenvalue weighted by Crippen LogP contribution is -2.49. The fraction of sp³-hybridized carbons (Fsp3) is 0.579. The lowest BCUT2D eigenvalue weighted by atomic mass is 10.0. The fourth-order valence-corrected chi connectivity index (χ4v) is 3.45. The van der Waals surface area contributed by atoms with Crippen LogP contribution in [0.3, 0.4) is 0 Å². The molecule has 0 spiro atoms. The van der Waals surface area contributed by atoms with Crippen molar-refractivity contribution in [1.29, 1.82) is 0 Å². The summed E-state index contributed by atoms with van der Waals surface area (Å²) in [6.07, 6.45) is 2.09. The minimum Gasteiger partial charge on any atom is -0.378 e. The predicted octanol–water partition coefficient (Wildman–Crippen LogP) is 1.52. The van der Waals surface area contributed by atoms with Crippen molar-refractivity contribution in [2.75, 3.05) is 32.8 Å². The van der Waals surface area contributed by atoms with Crippen molar-refractivity contribution in [3.8, 4) is 0 Å². The van der Waals surface area contributed by atoms with Crippen LogP contribution >= 0.6 is 12.4 Å². The number of carbonyl (C=O) groups excluding carboxylic acids is 2. The number of aryl methyl sites for hydroxylation is 1. The highest BCUT2D eigenvalue weighted by Gasteiger charge is 2.26. The van der Waals surface area contributed by atoms with E-state index in [1.54, 1.807) is 0 Å². The quantitative estimate of drug-likeness (QED) is 0.829. The first-order chi connectivity index (χ1) is 12.1. The van der Waals surface area contributed by atoms with Crippen LogP contribution in [0.1, 0.15) is 35.2 Å². The Morgan fingerprint density at radius 1 is 1.27 bits per heavy atom. The molecule has 2 heterocycles. The molecule has 2 amide bonds. The molecule has 3 rings (SSSR count). The minimum atomic E-state index is -0.0218. The molecule has 7 heteroatoms. The normalized spacial score (nSPS) is 21.0. The molecule has 1 aromatic rings. The summed E-state index contributed by atoms with van der Waals surface area (Å²) in [5.74, 6) is 0.151. The predicted molar refractivity (Wildman–Crippen MR) is 103 cm³/mol. The number of rotatable bonds is 4. The van der Waals surface area contributed by atoms with E-state index in [4.69, 9.17) is 4.74 Å². The van der Waals surface area contributed by atoms with Crippen LogP contribution in [0.15, 0.2) is 24.3 Å². The van der Waals surface area contributed by atoms with E-state index in [2.05, 4.69) is 10.6 Å². The van der Waals surface area contributed by atoms with Crippen molar-refractivity contribution < 1.29 is 14.3 Å². The number of ether oxygens (including phenoxy) is 1. The highest BCUT2D eigenvalue weighted by atomic mass is 35.5. The second-order valence-corrected chi connectivity index (χ2v) is 6.87. The average Bonchev–Trinajstić information content (AvgIpc) is 2.63. The number of hydrogen-bond acceptors (Lipinski definition) is 4. The summed E-state index contributed by atoms with van der Waals surface area (Å²) >= 11 is 0. The second kappa shape index (κ2) is 9.90. The number of morpholine rings is 1. The van der Waals surface area contributed by atoms with Gasteiger partial charge in [-0.3, -0.25) is 9.59 Å². The van der Waals surface area contributed by atoms with Gasteiger partial charge in [0.05, 0.1) is 13.2 Å². The number of nitrogens with zero attached hydrogens (tertiary/aromatic N) is 1. The highest BCUT2D eigenvalue weighted by Crippen LogP contribution is 2.14. The van der Waals surface area contributed by atoms with E-state index < -0.39 is 0 Å². The summed E-state index contributed by atoms with van der Waals surface area (Å²) < 4.78 is 5.40. The van der Waals surface area contributed by atoms with Gasteiger partial charge in [0.1, 0.15) is 0 Å². The van der Waals surface area contributed by atoms with E-state index in [0.29, 0.717) is 26.1 Å². The van der Waals surface area contributed by atoms with E-state index in [1.807, 2.05) is 36.1 Å². The molecule has 0 aromatic heterocycles. The van der Waals surface area contributed by atoms with Gasteiger partial charge in [0.25, 0.3) is 5.91 Å². The topological polar surface area (TPSA) is 70.7 Å². The van der Waals surface area contributed by atoms with Crippen LogP contribution in [0.2, 0.25) is 0 Å². The van der Waals surface area contributed by atoms with Gasteiger partial charge in [-0.05, 0) is 31.4 Å². The maximum absolute atomic E-state index is 12.4. The molecule has 0 radical (unpaired) electrons. The maximum atomic E-state index is 12.4. The Morgan fingerprint density at radius 3 is 2.65 bits per heavy atom. The molecule has 1 aromatic carbocycles. The van der Waals surface area contributed by atoms with Crippen LogP contribution in [0.4, 0.5) is 0 Å². The van der Waals surface area contributed by atoms with Crippen molar-refractivity contribution in [1.82, 2.24) is 15.5 Å². The largest absolute Gasteiger partial charge is 0.378 e. The van der Waals surface area contributed by atoms with E-state index in [1.165, 1.54) is 0 Å². The first-order valence-electron chi connectivity index (χ1n) is 9.09. The summed E-state index contributed by atoms with van der Waals surface area (Å²) in [6.45, 7) is 5.48. The molecule has 1 unspecified atom stereocenters. The third kappa shape index (κ3) is 5.43. The Labute approximate surface area is 161 Å². The molecule has 2 aliphatic rings. The van der Waals surface area contributed by atoms with E-state index in [-0.39, 0.29) is 36.3 Å². The van der Waals surface area contributed by atoms with Crippen LogP contribution in [0.25, 0.3) is 0 Å². The first kappa shape index (κ1) is 20.7. The zero-order valence-corrected chi connectivity index (χ0v) is 16.0. The number of halogens is 1. The maximum Gasteiger partial charge on any atom is 0.251 e. The standard InChI is InChI=1S/C19H27N3O3.ClH/c1-14-4-2-3-5-17(14)19(24)21-15-6-9-22(10-7-15)18(23)12-16-13-25-11-8-20-16;/h2-5,15-16,20H,6-13H2,1H3,(H,21,24);1H. The molecular weight excluding hydrogens is 354 g/mol. The van der Waals surface area contributed by atoms with Crippen LogP contribution in [-0.2, 0) is 9.53 Å². The molecule has 2 N–H and O–H groups in total. The fourth-order valence-electron chi connectivity index (χ4n) is 3.45. The summed E-state index contributed by atoms with van der Waals surface area (Å²) in [7, 11) is 0. The van der Waals surface area contributed by atoms with E-state index in [0.717, 1.165) is 37.1 Å². The van der Waals surface area contributed by atoms with Crippen LogP contribution in [-0.4, -0.2) is 61.6 Å². The molecule has 2 aliphatic heterocycles. The number of likely N-dealkylation sites (tertiary alicyclic amines) is 1. The van der Waals surface area contributed by atoms with Crippen molar-refractivity contribution in [2.45, 2.75) is 38.3 Å². The summed E-state index contributed by atoms with van der Waals surface area (Å²) in [5, 5.41) is 6.43.